The largest absolute Gasteiger partial charge is 0.393 e. The Kier molecular flexibility index (Phi) is 5.77. The normalized spacial score (nSPS) is 21.4. The van der Waals surface area contributed by atoms with Gasteiger partial charge in [0.2, 0.25) is 10.0 Å². The smallest absolute Gasteiger partial charge is 0.251 e. The number of terminal acetylenes is 1. The fraction of sp³-hybridized carbons (Fsp3) is 0.438. The Hall–Kier alpha value is -1.88. The van der Waals surface area contributed by atoms with Crippen LogP contribution in [0.25, 0.3) is 0 Å². The molecule has 0 heterocycles. The van der Waals surface area contributed by atoms with E-state index >= 15 is 0 Å². The van der Waals surface area contributed by atoms with Gasteiger partial charge >= 0.3 is 0 Å². The van der Waals surface area contributed by atoms with Crippen LogP contribution in [0.2, 0.25) is 0 Å². The van der Waals surface area contributed by atoms with Crippen LogP contribution in [0, 0.1) is 12.3 Å². The molecule has 2 rings (SSSR count). The Morgan fingerprint density at radius 1 is 1.22 bits per heavy atom. The maximum atomic E-state index is 12.2. The van der Waals surface area contributed by atoms with Crippen molar-refractivity contribution in [3.8, 4) is 12.3 Å². The first kappa shape index (κ1) is 17.5. The summed E-state index contributed by atoms with van der Waals surface area (Å²) in [6.45, 7) is -0.0852. The number of aliphatic hydroxyl groups is 1. The minimum absolute atomic E-state index is 0.0478. The molecule has 1 aliphatic rings. The molecule has 0 radical (unpaired) electrons. The van der Waals surface area contributed by atoms with E-state index in [1.165, 1.54) is 24.3 Å². The first-order valence-electron chi connectivity index (χ1n) is 7.44. The number of nitrogens with one attached hydrogen (secondary N) is 2. The average Bonchev–Trinajstić information content (AvgIpc) is 2.55. The Labute approximate surface area is 136 Å². The van der Waals surface area contributed by atoms with E-state index in [1.807, 2.05) is 0 Å². The molecule has 1 aromatic carbocycles. The van der Waals surface area contributed by atoms with Gasteiger partial charge in [0.25, 0.3) is 5.91 Å². The second kappa shape index (κ2) is 7.59. The van der Waals surface area contributed by atoms with E-state index in [-0.39, 0.29) is 29.5 Å². The number of amides is 1. The Bertz CT molecular complexity index is 684. The molecular weight excluding hydrogens is 316 g/mol. The molecule has 0 spiro atoms. The van der Waals surface area contributed by atoms with E-state index in [0.717, 1.165) is 12.8 Å². The highest BCUT2D eigenvalue weighted by Crippen LogP contribution is 2.19. The van der Waals surface area contributed by atoms with Gasteiger partial charge in [-0.1, -0.05) is 5.92 Å². The third-order valence-electron chi connectivity index (χ3n) is 3.82. The van der Waals surface area contributed by atoms with Crippen LogP contribution in [0.3, 0.4) is 0 Å². The van der Waals surface area contributed by atoms with Crippen LogP contribution in [0.1, 0.15) is 36.0 Å². The van der Waals surface area contributed by atoms with E-state index < -0.39 is 10.0 Å². The minimum Gasteiger partial charge on any atom is -0.393 e. The molecule has 1 saturated carbocycles. The fourth-order valence-corrected chi connectivity index (χ4v) is 3.43. The van der Waals surface area contributed by atoms with E-state index in [4.69, 9.17) is 6.42 Å². The third kappa shape index (κ3) is 4.79. The average molecular weight is 336 g/mol. The van der Waals surface area contributed by atoms with Crippen LogP contribution in [-0.4, -0.2) is 38.1 Å². The lowest BCUT2D eigenvalue weighted by molar-refractivity contribution is 0.0867. The van der Waals surface area contributed by atoms with Crippen LogP contribution >= 0.6 is 0 Å². The molecule has 1 aliphatic carbocycles. The van der Waals surface area contributed by atoms with Crippen molar-refractivity contribution in [2.75, 3.05) is 6.54 Å². The van der Waals surface area contributed by atoms with Gasteiger partial charge in [0, 0.05) is 11.6 Å². The summed E-state index contributed by atoms with van der Waals surface area (Å²) < 4.78 is 26.0. The molecule has 0 aromatic heterocycles. The van der Waals surface area contributed by atoms with Crippen molar-refractivity contribution in [1.29, 1.82) is 0 Å². The number of sulfonamides is 1. The number of rotatable bonds is 5. The molecule has 0 unspecified atom stereocenters. The van der Waals surface area contributed by atoms with E-state index in [9.17, 15) is 18.3 Å². The summed E-state index contributed by atoms with van der Waals surface area (Å²) in [5.74, 6) is 1.96. The molecule has 7 heteroatoms. The molecule has 124 valence electrons. The lowest BCUT2D eigenvalue weighted by Crippen LogP contribution is -2.38. The lowest BCUT2D eigenvalue weighted by atomic mass is 9.93. The highest BCUT2D eigenvalue weighted by Gasteiger charge is 2.21. The van der Waals surface area contributed by atoms with Crippen LogP contribution in [-0.2, 0) is 10.0 Å². The molecule has 6 nitrogen and oxygen atoms in total. The summed E-state index contributed by atoms with van der Waals surface area (Å²) in [6, 6.07) is 5.73. The molecule has 1 amide bonds. The standard InChI is InChI=1S/C16H20N2O4S/c1-2-11-17-23(21,22)15-9-3-12(4-10-15)16(20)18-13-5-7-14(19)8-6-13/h1,3-4,9-10,13-14,17,19H,5-8,11H2,(H,18,20). The molecule has 1 aromatic rings. The number of aliphatic hydroxyl groups excluding tert-OH is 1. The van der Waals surface area contributed by atoms with Gasteiger partial charge in [-0.25, -0.2) is 8.42 Å². The zero-order chi connectivity index (χ0) is 16.9. The maximum absolute atomic E-state index is 12.2. The summed E-state index contributed by atoms with van der Waals surface area (Å²) in [7, 11) is -3.65. The van der Waals surface area contributed by atoms with Crippen LogP contribution in [0.5, 0.6) is 0 Å². The SMILES string of the molecule is C#CCNS(=O)(=O)c1ccc(C(=O)NC2CCC(O)CC2)cc1. The first-order chi connectivity index (χ1) is 10.9. The van der Waals surface area contributed by atoms with Crippen LogP contribution in [0.4, 0.5) is 0 Å². The fourth-order valence-electron chi connectivity index (χ4n) is 2.49. The topological polar surface area (TPSA) is 95.5 Å². The van der Waals surface area contributed by atoms with Crippen molar-refractivity contribution in [3.05, 3.63) is 29.8 Å². The van der Waals surface area contributed by atoms with Crippen molar-refractivity contribution >= 4 is 15.9 Å². The summed E-state index contributed by atoms with van der Waals surface area (Å²) in [5, 5.41) is 12.4. The molecule has 0 saturated heterocycles. The zero-order valence-corrected chi connectivity index (χ0v) is 13.5. The second-order valence-corrected chi connectivity index (χ2v) is 7.30. The second-order valence-electron chi connectivity index (χ2n) is 5.53. The summed E-state index contributed by atoms with van der Waals surface area (Å²) in [6.07, 6.45) is 7.61. The maximum Gasteiger partial charge on any atom is 0.251 e. The van der Waals surface area contributed by atoms with Crippen LogP contribution < -0.4 is 10.0 Å². The number of carbonyl (C=O) groups is 1. The van der Waals surface area contributed by atoms with Gasteiger partial charge < -0.3 is 10.4 Å². The lowest BCUT2D eigenvalue weighted by Gasteiger charge is -2.26. The Morgan fingerprint density at radius 3 is 2.39 bits per heavy atom. The molecular formula is C16H20N2O4S. The van der Waals surface area contributed by atoms with Crippen LogP contribution in [0.15, 0.2) is 29.2 Å². The van der Waals surface area contributed by atoms with Gasteiger partial charge in [-0.15, -0.1) is 6.42 Å². The predicted molar refractivity (Wildman–Crippen MR) is 86.2 cm³/mol. The predicted octanol–water partition coefficient (Wildman–Crippen LogP) is 0.631. The van der Waals surface area contributed by atoms with Gasteiger partial charge in [-0.3, -0.25) is 4.79 Å². The van der Waals surface area contributed by atoms with Crippen molar-refractivity contribution < 1.29 is 18.3 Å². The number of carbonyl (C=O) groups excluding carboxylic acids is 1. The molecule has 3 N–H and O–H groups in total. The van der Waals surface area contributed by atoms with Crippen molar-refractivity contribution in [2.45, 2.75) is 42.7 Å². The highest BCUT2D eigenvalue weighted by molar-refractivity contribution is 7.89. The Morgan fingerprint density at radius 2 is 1.83 bits per heavy atom. The molecule has 0 bridgehead atoms. The summed E-state index contributed by atoms with van der Waals surface area (Å²) >= 11 is 0. The molecule has 1 fully saturated rings. The minimum atomic E-state index is -3.65. The van der Waals surface area contributed by atoms with Gasteiger partial charge in [0.15, 0.2) is 0 Å². The number of hydrogen-bond acceptors (Lipinski definition) is 4. The quantitative estimate of drug-likeness (QED) is 0.687. The van der Waals surface area contributed by atoms with Gasteiger partial charge in [0.05, 0.1) is 17.5 Å². The first-order valence-corrected chi connectivity index (χ1v) is 8.93. The third-order valence-corrected chi connectivity index (χ3v) is 5.24. The molecule has 23 heavy (non-hydrogen) atoms. The van der Waals surface area contributed by atoms with Crippen molar-refractivity contribution in [1.82, 2.24) is 10.0 Å². The number of benzene rings is 1. The van der Waals surface area contributed by atoms with E-state index in [2.05, 4.69) is 16.0 Å². The highest BCUT2D eigenvalue weighted by atomic mass is 32.2. The van der Waals surface area contributed by atoms with Gasteiger partial charge in [-0.2, -0.15) is 4.72 Å². The van der Waals surface area contributed by atoms with Gasteiger partial charge in [0.1, 0.15) is 0 Å². The monoisotopic (exact) mass is 336 g/mol. The zero-order valence-electron chi connectivity index (χ0n) is 12.7. The number of hydrogen-bond donors (Lipinski definition) is 3. The molecule has 0 atom stereocenters. The Balaban J connectivity index is 1.99. The van der Waals surface area contributed by atoms with Gasteiger partial charge in [-0.05, 0) is 49.9 Å². The summed E-state index contributed by atoms with van der Waals surface area (Å²) in [5.41, 5.74) is 0.395. The molecule has 0 aliphatic heterocycles. The van der Waals surface area contributed by atoms with E-state index in [0.29, 0.717) is 18.4 Å². The van der Waals surface area contributed by atoms with Crippen molar-refractivity contribution in [3.63, 3.8) is 0 Å². The van der Waals surface area contributed by atoms with Crippen molar-refractivity contribution in [2.24, 2.45) is 0 Å². The van der Waals surface area contributed by atoms with E-state index in [1.54, 1.807) is 0 Å². The summed E-state index contributed by atoms with van der Waals surface area (Å²) in [4.78, 5) is 12.2.